The highest BCUT2D eigenvalue weighted by atomic mass is 32.2. The van der Waals surface area contributed by atoms with Crippen molar-refractivity contribution in [2.24, 2.45) is 0 Å². The van der Waals surface area contributed by atoms with Gasteiger partial charge in [0.1, 0.15) is 0 Å². The van der Waals surface area contributed by atoms with Gasteiger partial charge in [0, 0.05) is 0 Å². The van der Waals surface area contributed by atoms with Crippen LogP contribution in [0, 0.1) is 11.3 Å². The summed E-state index contributed by atoms with van der Waals surface area (Å²) in [6.07, 6.45) is 1.95. The van der Waals surface area contributed by atoms with Gasteiger partial charge in [-0.05, 0) is 29.6 Å². The van der Waals surface area contributed by atoms with Crippen LogP contribution in [0.1, 0.15) is 17.2 Å². The van der Waals surface area contributed by atoms with Crippen molar-refractivity contribution in [1.29, 1.82) is 5.26 Å². The average molecular weight is 207 g/mol. The van der Waals surface area contributed by atoms with E-state index in [0.717, 1.165) is 23.3 Å². The molecule has 14 heavy (non-hydrogen) atoms. The Kier molecular flexibility index (Phi) is 4.51. The van der Waals surface area contributed by atoms with E-state index >= 15 is 0 Å². The van der Waals surface area contributed by atoms with Crippen molar-refractivity contribution in [3.63, 3.8) is 0 Å². The Morgan fingerprint density at radius 2 is 2.21 bits per heavy atom. The van der Waals surface area contributed by atoms with E-state index in [4.69, 9.17) is 5.26 Å². The molecule has 1 aromatic carbocycles. The third-order valence-corrected chi connectivity index (χ3v) is 2.66. The van der Waals surface area contributed by atoms with Crippen molar-refractivity contribution < 1.29 is 5.11 Å². The number of rotatable bonds is 4. The summed E-state index contributed by atoms with van der Waals surface area (Å²) in [7, 11) is 0. The molecule has 0 bridgehead atoms. The lowest BCUT2D eigenvalue weighted by Crippen LogP contribution is -2.00. The van der Waals surface area contributed by atoms with E-state index in [-0.39, 0.29) is 0 Å². The summed E-state index contributed by atoms with van der Waals surface area (Å²) in [4.78, 5) is 0. The molecule has 0 heterocycles. The number of aliphatic hydroxyl groups excluding tert-OH is 1. The molecular formula is C11H13NOS. The highest BCUT2D eigenvalue weighted by Crippen LogP contribution is 2.18. The number of hydrogen-bond donors (Lipinski definition) is 1. The molecule has 1 N–H and O–H groups in total. The summed E-state index contributed by atoms with van der Waals surface area (Å²) in [5, 5.41) is 18.1. The van der Waals surface area contributed by atoms with Gasteiger partial charge in [0.2, 0.25) is 0 Å². The predicted molar refractivity (Wildman–Crippen MR) is 59.1 cm³/mol. The van der Waals surface area contributed by atoms with Crippen LogP contribution in [0.3, 0.4) is 0 Å². The molecule has 0 spiro atoms. The van der Waals surface area contributed by atoms with Gasteiger partial charge in [-0.3, -0.25) is 0 Å². The molecule has 2 nitrogen and oxygen atoms in total. The lowest BCUT2D eigenvalue weighted by molar-refractivity contribution is 0.235. The van der Waals surface area contributed by atoms with Crippen molar-refractivity contribution >= 4 is 11.8 Å². The van der Waals surface area contributed by atoms with E-state index in [1.54, 1.807) is 11.8 Å². The number of aryl methyl sites for hydroxylation is 1. The zero-order valence-electron chi connectivity index (χ0n) is 8.10. The fourth-order valence-electron chi connectivity index (χ4n) is 1.31. The molecule has 1 aromatic rings. The summed E-state index contributed by atoms with van der Waals surface area (Å²) < 4.78 is 0. The van der Waals surface area contributed by atoms with Crippen LogP contribution in [-0.2, 0) is 6.42 Å². The molecule has 0 fully saturated rings. The van der Waals surface area contributed by atoms with Crippen molar-refractivity contribution in [3.8, 4) is 6.07 Å². The van der Waals surface area contributed by atoms with Crippen molar-refractivity contribution in [1.82, 2.24) is 0 Å². The molecule has 0 saturated heterocycles. The first-order chi connectivity index (χ1) is 6.79. The molecule has 0 saturated carbocycles. The van der Waals surface area contributed by atoms with Crippen LogP contribution in [0.15, 0.2) is 24.3 Å². The van der Waals surface area contributed by atoms with Crippen molar-refractivity contribution in [2.75, 3.05) is 12.0 Å². The largest absolute Gasteiger partial charge is 0.374 e. The molecule has 0 aliphatic heterocycles. The van der Waals surface area contributed by atoms with Crippen LogP contribution in [0.5, 0.6) is 0 Å². The van der Waals surface area contributed by atoms with E-state index in [1.807, 2.05) is 36.6 Å². The second-order valence-electron chi connectivity index (χ2n) is 2.97. The molecule has 0 aliphatic rings. The highest BCUT2D eigenvalue weighted by molar-refractivity contribution is 7.98. The van der Waals surface area contributed by atoms with Gasteiger partial charge >= 0.3 is 0 Å². The second-order valence-corrected chi connectivity index (χ2v) is 3.96. The van der Waals surface area contributed by atoms with Gasteiger partial charge in [0.25, 0.3) is 0 Å². The lowest BCUT2D eigenvalue weighted by Gasteiger charge is -2.09. The minimum atomic E-state index is -0.993. The second kappa shape index (κ2) is 5.69. The quantitative estimate of drug-likeness (QED) is 0.769. The van der Waals surface area contributed by atoms with Gasteiger partial charge in [-0.1, -0.05) is 24.3 Å². The zero-order chi connectivity index (χ0) is 10.4. The first kappa shape index (κ1) is 11.1. The predicted octanol–water partition coefficient (Wildman–Crippen LogP) is 2.15. The monoisotopic (exact) mass is 207 g/mol. The molecule has 1 unspecified atom stereocenters. The molecular weight excluding hydrogens is 194 g/mol. The van der Waals surface area contributed by atoms with Crippen LogP contribution in [0.25, 0.3) is 0 Å². The maximum atomic E-state index is 9.44. The molecule has 1 rings (SSSR count). The van der Waals surface area contributed by atoms with E-state index in [2.05, 4.69) is 0 Å². The summed E-state index contributed by atoms with van der Waals surface area (Å²) >= 11 is 1.76. The lowest BCUT2D eigenvalue weighted by atomic mass is 10.0. The SMILES string of the molecule is CSCCc1ccccc1C(O)C#N. The molecule has 1 atom stereocenters. The van der Waals surface area contributed by atoms with E-state index < -0.39 is 6.10 Å². The third-order valence-electron chi connectivity index (χ3n) is 2.05. The van der Waals surface area contributed by atoms with Crippen LogP contribution < -0.4 is 0 Å². The van der Waals surface area contributed by atoms with Crippen LogP contribution in [-0.4, -0.2) is 17.1 Å². The topological polar surface area (TPSA) is 44.0 Å². The van der Waals surface area contributed by atoms with Crippen LogP contribution in [0.2, 0.25) is 0 Å². The smallest absolute Gasteiger partial charge is 0.166 e. The Bertz CT molecular complexity index is 332. The zero-order valence-corrected chi connectivity index (χ0v) is 8.92. The Labute approximate surface area is 88.6 Å². The average Bonchev–Trinajstić information content (AvgIpc) is 2.25. The maximum Gasteiger partial charge on any atom is 0.166 e. The summed E-state index contributed by atoms with van der Waals surface area (Å²) in [5.41, 5.74) is 1.81. The number of aliphatic hydroxyl groups is 1. The van der Waals surface area contributed by atoms with E-state index in [0.29, 0.717) is 0 Å². The Morgan fingerprint density at radius 3 is 2.86 bits per heavy atom. The number of nitrogens with zero attached hydrogens (tertiary/aromatic N) is 1. The first-order valence-electron chi connectivity index (χ1n) is 4.44. The first-order valence-corrected chi connectivity index (χ1v) is 5.83. The van der Waals surface area contributed by atoms with Crippen molar-refractivity contribution in [3.05, 3.63) is 35.4 Å². The Hall–Kier alpha value is -0.980. The standard InChI is InChI=1S/C11H13NOS/c1-14-7-6-9-4-2-3-5-10(9)11(13)8-12/h2-5,11,13H,6-7H2,1H3. The number of benzene rings is 1. The van der Waals surface area contributed by atoms with E-state index in [9.17, 15) is 5.11 Å². The van der Waals surface area contributed by atoms with Crippen LogP contribution in [0.4, 0.5) is 0 Å². The Balaban J connectivity index is 2.86. The third kappa shape index (κ3) is 2.76. The van der Waals surface area contributed by atoms with Gasteiger partial charge in [-0.15, -0.1) is 0 Å². The minimum Gasteiger partial charge on any atom is -0.374 e. The highest BCUT2D eigenvalue weighted by Gasteiger charge is 2.09. The van der Waals surface area contributed by atoms with E-state index in [1.165, 1.54) is 0 Å². The summed E-state index contributed by atoms with van der Waals surface area (Å²) in [5.74, 6) is 1.01. The van der Waals surface area contributed by atoms with Gasteiger partial charge in [0.05, 0.1) is 6.07 Å². The van der Waals surface area contributed by atoms with Gasteiger partial charge in [0.15, 0.2) is 6.10 Å². The fourth-order valence-corrected chi connectivity index (χ4v) is 1.73. The molecule has 0 radical (unpaired) electrons. The molecule has 0 aromatic heterocycles. The van der Waals surface area contributed by atoms with Gasteiger partial charge < -0.3 is 5.11 Å². The van der Waals surface area contributed by atoms with Crippen molar-refractivity contribution in [2.45, 2.75) is 12.5 Å². The molecule has 3 heteroatoms. The van der Waals surface area contributed by atoms with Gasteiger partial charge in [-0.2, -0.15) is 17.0 Å². The maximum absolute atomic E-state index is 9.44. The van der Waals surface area contributed by atoms with Gasteiger partial charge in [-0.25, -0.2) is 0 Å². The normalized spacial score (nSPS) is 12.1. The Morgan fingerprint density at radius 1 is 1.50 bits per heavy atom. The molecule has 0 aliphatic carbocycles. The number of nitriles is 1. The fraction of sp³-hybridized carbons (Fsp3) is 0.364. The number of thioether (sulfide) groups is 1. The summed E-state index contributed by atoms with van der Waals surface area (Å²) in [6.45, 7) is 0. The van der Waals surface area contributed by atoms with Crippen LogP contribution >= 0.6 is 11.8 Å². The minimum absolute atomic E-state index is 0.740. The number of hydrogen-bond acceptors (Lipinski definition) is 3. The molecule has 74 valence electrons. The molecule has 0 amide bonds. The summed E-state index contributed by atoms with van der Waals surface area (Å²) in [6, 6.07) is 9.40.